The van der Waals surface area contributed by atoms with E-state index in [1.807, 2.05) is 0 Å². The van der Waals surface area contributed by atoms with Crippen LogP contribution in [0.5, 0.6) is 5.75 Å². The molecular formula is C21H11F2NO4. The summed E-state index contributed by atoms with van der Waals surface area (Å²) in [4.78, 5) is 28.1. The van der Waals surface area contributed by atoms with Crippen LogP contribution in [0.15, 0.2) is 76.2 Å². The lowest BCUT2D eigenvalue weighted by Crippen LogP contribution is -2.08. The summed E-state index contributed by atoms with van der Waals surface area (Å²) in [5.41, 5.74) is -0.0334. The van der Waals surface area contributed by atoms with Gasteiger partial charge in [-0.05, 0) is 36.4 Å². The number of aromatic nitrogens is 1. The van der Waals surface area contributed by atoms with Crippen LogP contribution in [0.25, 0.3) is 22.3 Å². The topological polar surface area (TPSA) is 69.4 Å². The Morgan fingerprint density at radius 2 is 1.82 bits per heavy atom. The molecule has 0 saturated carbocycles. The number of hydrogen-bond acceptors (Lipinski definition) is 5. The zero-order valence-electron chi connectivity index (χ0n) is 14.2. The van der Waals surface area contributed by atoms with Crippen molar-refractivity contribution in [2.45, 2.75) is 0 Å². The van der Waals surface area contributed by atoms with Crippen molar-refractivity contribution in [3.05, 3.63) is 94.4 Å². The lowest BCUT2D eigenvalue weighted by Gasteiger charge is -2.06. The van der Waals surface area contributed by atoms with Crippen molar-refractivity contribution in [2.24, 2.45) is 0 Å². The highest BCUT2D eigenvalue weighted by molar-refractivity contribution is 5.90. The fourth-order valence-electron chi connectivity index (χ4n) is 2.69. The average Bonchev–Trinajstić information content (AvgIpc) is 2.68. The maximum Gasteiger partial charge on any atom is 0.345 e. The third-order valence-electron chi connectivity index (χ3n) is 3.99. The Morgan fingerprint density at radius 3 is 2.54 bits per heavy atom. The number of halogens is 2. The average molecular weight is 379 g/mol. The van der Waals surface area contributed by atoms with E-state index in [2.05, 4.69) is 4.98 Å². The highest BCUT2D eigenvalue weighted by Crippen LogP contribution is 2.26. The summed E-state index contributed by atoms with van der Waals surface area (Å²) in [7, 11) is 0. The molecule has 0 aliphatic heterocycles. The minimum absolute atomic E-state index is 0.132. The molecule has 0 spiro atoms. The molecule has 0 aliphatic rings. The summed E-state index contributed by atoms with van der Waals surface area (Å²) < 4.78 is 38.0. The predicted octanol–water partition coefficient (Wildman–Crippen LogP) is 4.35. The first kappa shape index (κ1) is 17.5. The number of nitrogens with zero attached hydrogens (tertiary/aromatic N) is 1. The number of ether oxygens (including phenoxy) is 1. The van der Waals surface area contributed by atoms with Crippen LogP contribution in [0, 0.1) is 11.6 Å². The van der Waals surface area contributed by atoms with E-state index in [0.717, 1.165) is 12.1 Å². The van der Waals surface area contributed by atoms with Gasteiger partial charge in [-0.15, -0.1) is 0 Å². The van der Waals surface area contributed by atoms with E-state index in [9.17, 15) is 18.4 Å². The SMILES string of the molecule is O=C(Oc1ccc(-c2cc(=O)c3c(F)cc(F)cc3o2)cc1)c1cccnc1. The number of carbonyl (C=O) groups is 1. The van der Waals surface area contributed by atoms with Crippen LogP contribution in [0.1, 0.15) is 10.4 Å². The van der Waals surface area contributed by atoms with Crippen LogP contribution in [-0.2, 0) is 0 Å². The molecule has 138 valence electrons. The Balaban J connectivity index is 1.64. The molecule has 7 heteroatoms. The standard InChI is InChI=1S/C21H11F2NO4/c22-14-8-16(23)20-17(25)10-18(28-19(20)9-14)12-3-5-15(6-4-12)27-21(26)13-2-1-7-24-11-13/h1-11H. The van der Waals surface area contributed by atoms with E-state index in [1.54, 1.807) is 30.5 Å². The van der Waals surface area contributed by atoms with Gasteiger partial charge in [0.25, 0.3) is 0 Å². The summed E-state index contributed by atoms with van der Waals surface area (Å²) in [6, 6.07) is 12.0. The van der Waals surface area contributed by atoms with Crippen molar-refractivity contribution in [2.75, 3.05) is 0 Å². The molecule has 0 amide bonds. The van der Waals surface area contributed by atoms with Gasteiger partial charge in [0.1, 0.15) is 34.1 Å². The fraction of sp³-hybridized carbons (Fsp3) is 0. The van der Waals surface area contributed by atoms with Gasteiger partial charge < -0.3 is 9.15 Å². The normalized spacial score (nSPS) is 10.8. The quantitative estimate of drug-likeness (QED) is 0.391. The van der Waals surface area contributed by atoms with Crippen LogP contribution in [0.3, 0.4) is 0 Å². The Kier molecular flexibility index (Phi) is 4.41. The molecule has 5 nitrogen and oxygen atoms in total. The summed E-state index contributed by atoms with van der Waals surface area (Å²) in [6.45, 7) is 0. The van der Waals surface area contributed by atoms with Crippen molar-refractivity contribution in [3.63, 3.8) is 0 Å². The Hall–Kier alpha value is -3.87. The first-order valence-electron chi connectivity index (χ1n) is 8.17. The van der Waals surface area contributed by atoms with Crippen molar-refractivity contribution in [1.29, 1.82) is 0 Å². The van der Waals surface area contributed by atoms with E-state index in [1.165, 1.54) is 18.3 Å². The first-order valence-corrected chi connectivity index (χ1v) is 8.17. The molecule has 4 aromatic rings. The molecule has 0 unspecified atom stereocenters. The number of fused-ring (bicyclic) bond motifs is 1. The summed E-state index contributed by atoms with van der Waals surface area (Å²) in [6.07, 6.45) is 2.93. The highest BCUT2D eigenvalue weighted by Gasteiger charge is 2.13. The number of esters is 1. The van der Waals surface area contributed by atoms with Crippen molar-refractivity contribution in [3.8, 4) is 17.1 Å². The van der Waals surface area contributed by atoms with Crippen molar-refractivity contribution in [1.82, 2.24) is 4.98 Å². The van der Waals surface area contributed by atoms with E-state index in [0.29, 0.717) is 17.2 Å². The van der Waals surface area contributed by atoms with Crippen LogP contribution in [-0.4, -0.2) is 11.0 Å². The van der Waals surface area contributed by atoms with Gasteiger partial charge in [-0.25, -0.2) is 13.6 Å². The molecule has 0 atom stereocenters. The summed E-state index contributed by atoms with van der Waals surface area (Å²) in [5, 5.41) is -0.313. The zero-order chi connectivity index (χ0) is 19.7. The van der Waals surface area contributed by atoms with Crippen LogP contribution >= 0.6 is 0 Å². The molecule has 0 radical (unpaired) electrons. The number of carbonyl (C=O) groups excluding carboxylic acids is 1. The molecule has 4 rings (SSSR count). The minimum atomic E-state index is -0.979. The van der Waals surface area contributed by atoms with Gasteiger partial charge >= 0.3 is 5.97 Å². The van der Waals surface area contributed by atoms with E-state index < -0.39 is 23.0 Å². The largest absolute Gasteiger partial charge is 0.456 e. The molecular weight excluding hydrogens is 368 g/mol. The van der Waals surface area contributed by atoms with Gasteiger partial charge in [0.05, 0.1) is 5.56 Å². The van der Waals surface area contributed by atoms with E-state index in [4.69, 9.17) is 9.15 Å². The second-order valence-electron chi connectivity index (χ2n) is 5.89. The Bertz CT molecular complexity index is 1240. The van der Waals surface area contributed by atoms with E-state index >= 15 is 0 Å². The number of pyridine rings is 1. The molecule has 2 aromatic heterocycles. The summed E-state index contributed by atoms with van der Waals surface area (Å²) >= 11 is 0. The molecule has 0 aliphatic carbocycles. The maximum absolute atomic E-state index is 13.8. The fourth-order valence-corrected chi connectivity index (χ4v) is 2.69. The van der Waals surface area contributed by atoms with Crippen molar-refractivity contribution < 1.29 is 22.7 Å². The number of benzene rings is 2. The van der Waals surface area contributed by atoms with Gasteiger partial charge in [-0.3, -0.25) is 9.78 Å². The van der Waals surface area contributed by atoms with E-state index in [-0.39, 0.29) is 22.5 Å². The molecule has 28 heavy (non-hydrogen) atoms. The first-order chi connectivity index (χ1) is 13.5. The third-order valence-corrected chi connectivity index (χ3v) is 3.99. The maximum atomic E-state index is 13.8. The number of hydrogen-bond donors (Lipinski definition) is 0. The predicted molar refractivity (Wildman–Crippen MR) is 97.0 cm³/mol. The van der Waals surface area contributed by atoms with Gasteiger partial charge in [-0.1, -0.05) is 0 Å². The third kappa shape index (κ3) is 3.37. The molecule has 0 saturated heterocycles. The Morgan fingerprint density at radius 1 is 1.04 bits per heavy atom. The summed E-state index contributed by atoms with van der Waals surface area (Å²) in [5.74, 6) is -1.98. The minimum Gasteiger partial charge on any atom is -0.456 e. The molecule has 2 heterocycles. The lowest BCUT2D eigenvalue weighted by atomic mass is 10.1. The number of rotatable bonds is 3. The second kappa shape index (κ2) is 7.03. The molecule has 0 N–H and O–H groups in total. The molecule has 0 fully saturated rings. The monoisotopic (exact) mass is 379 g/mol. The zero-order valence-corrected chi connectivity index (χ0v) is 14.2. The van der Waals surface area contributed by atoms with Gasteiger partial charge in [0.15, 0.2) is 5.43 Å². The van der Waals surface area contributed by atoms with Gasteiger partial charge in [0, 0.05) is 36.2 Å². The van der Waals surface area contributed by atoms with Crippen molar-refractivity contribution >= 4 is 16.9 Å². The van der Waals surface area contributed by atoms with Gasteiger partial charge in [-0.2, -0.15) is 0 Å². The van der Waals surface area contributed by atoms with Crippen LogP contribution < -0.4 is 10.2 Å². The lowest BCUT2D eigenvalue weighted by molar-refractivity contribution is 0.0734. The second-order valence-corrected chi connectivity index (χ2v) is 5.89. The van der Waals surface area contributed by atoms with Gasteiger partial charge in [0.2, 0.25) is 0 Å². The van der Waals surface area contributed by atoms with Crippen LogP contribution in [0.4, 0.5) is 8.78 Å². The molecule has 2 aromatic carbocycles. The van der Waals surface area contributed by atoms with Crippen LogP contribution in [0.2, 0.25) is 0 Å². The molecule has 0 bridgehead atoms. The highest BCUT2D eigenvalue weighted by atomic mass is 19.1. The Labute approximate surface area is 156 Å². The smallest absolute Gasteiger partial charge is 0.345 e.